The van der Waals surface area contributed by atoms with Crippen molar-refractivity contribution in [2.24, 2.45) is 0 Å². The summed E-state index contributed by atoms with van der Waals surface area (Å²) >= 11 is 11.5. The lowest BCUT2D eigenvalue weighted by molar-refractivity contribution is -0.113. The number of anilines is 1. The van der Waals surface area contributed by atoms with Crippen molar-refractivity contribution in [2.45, 2.75) is 0 Å². The Kier molecular flexibility index (Phi) is 5.19. The van der Waals surface area contributed by atoms with Crippen molar-refractivity contribution in [1.82, 2.24) is 0 Å². The highest BCUT2D eigenvalue weighted by atomic mass is 35.5. The summed E-state index contributed by atoms with van der Waals surface area (Å²) in [5.74, 6) is -1.51. The Hall–Kier alpha value is -1.04. The molecule has 1 N–H and O–H groups in total. The molecule has 0 aliphatic rings. The normalized spacial score (nSPS) is 11.0. The van der Waals surface area contributed by atoms with E-state index in [0.29, 0.717) is 10.7 Å². The van der Waals surface area contributed by atoms with Crippen LogP contribution in [0.3, 0.4) is 0 Å². The molecule has 1 rings (SSSR count). The van der Waals surface area contributed by atoms with Gasteiger partial charge in [0.15, 0.2) is 9.84 Å². The fourth-order valence-corrected chi connectivity index (χ4v) is 2.62. The summed E-state index contributed by atoms with van der Waals surface area (Å²) in [4.78, 5) is 11.5. The van der Waals surface area contributed by atoms with Gasteiger partial charge >= 0.3 is 0 Å². The second kappa shape index (κ2) is 6.22. The van der Waals surface area contributed by atoms with E-state index < -0.39 is 21.5 Å². The van der Waals surface area contributed by atoms with E-state index in [1.807, 2.05) is 0 Å². The van der Waals surface area contributed by atoms with Gasteiger partial charge in [0.2, 0.25) is 5.91 Å². The molecular weight excluding hydrogens is 297 g/mol. The van der Waals surface area contributed by atoms with Crippen LogP contribution in [0.15, 0.2) is 30.9 Å². The van der Waals surface area contributed by atoms with Gasteiger partial charge in [-0.25, -0.2) is 8.42 Å². The lowest BCUT2D eigenvalue weighted by Gasteiger charge is -2.07. The molecule has 1 amide bonds. The van der Waals surface area contributed by atoms with Crippen molar-refractivity contribution in [1.29, 1.82) is 0 Å². The Balaban J connectivity index is 2.74. The van der Waals surface area contributed by atoms with E-state index in [0.717, 1.165) is 0 Å². The third-order valence-electron chi connectivity index (χ3n) is 1.93. The maximum Gasteiger partial charge on any atom is 0.239 e. The molecule has 0 radical (unpaired) electrons. The van der Waals surface area contributed by atoms with Crippen LogP contribution in [0.5, 0.6) is 0 Å². The molecule has 0 heterocycles. The number of halogens is 2. The molecule has 0 saturated carbocycles. The predicted molar refractivity (Wildman–Crippen MR) is 73.9 cm³/mol. The van der Waals surface area contributed by atoms with E-state index in [1.165, 1.54) is 18.2 Å². The van der Waals surface area contributed by atoms with E-state index in [2.05, 4.69) is 11.9 Å². The van der Waals surface area contributed by atoms with Crippen molar-refractivity contribution >= 4 is 44.6 Å². The van der Waals surface area contributed by atoms with Gasteiger partial charge in [-0.15, -0.1) is 6.58 Å². The Labute approximate surface area is 116 Å². The Bertz CT molecular complexity index is 570. The van der Waals surface area contributed by atoms with Gasteiger partial charge in [0.1, 0.15) is 5.75 Å². The van der Waals surface area contributed by atoms with Gasteiger partial charge in [-0.2, -0.15) is 0 Å². The van der Waals surface area contributed by atoms with Crippen molar-refractivity contribution in [2.75, 3.05) is 16.8 Å². The van der Waals surface area contributed by atoms with E-state index in [-0.39, 0.29) is 10.8 Å². The Morgan fingerprint density at radius 2 is 2.06 bits per heavy atom. The first kappa shape index (κ1) is 15.0. The molecule has 0 unspecified atom stereocenters. The highest BCUT2D eigenvalue weighted by Gasteiger charge is 2.15. The van der Waals surface area contributed by atoms with Crippen molar-refractivity contribution in [3.05, 3.63) is 40.9 Å². The van der Waals surface area contributed by atoms with Gasteiger partial charge in [-0.3, -0.25) is 4.79 Å². The molecule has 0 fully saturated rings. The van der Waals surface area contributed by atoms with Crippen LogP contribution in [0.4, 0.5) is 5.69 Å². The molecule has 1 aromatic carbocycles. The average molecular weight is 308 g/mol. The molecule has 0 saturated heterocycles. The molecule has 18 heavy (non-hydrogen) atoms. The number of hydrogen-bond acceptors (Lipinski definition) is 3. The molecular formula is C11H11Cl2NO3S. The van der Waals surface area contributed by atoms with Crippen LogP contribution >= 0.6 is 23.2 Å². The Morgan fingerprint density at radius 3 is 2.61 bits per heavy atom. The third-order valence-corrected chi connectivity index (χ3v) is 3.92. The number of hydrogen-bond donors (Lipinski definition) is 1. The number of rotatable bonds is 5. The van der Waals surface area contributed by atoms with Crippen LogP contribution in [0.2, 0.25) is 10.0 Å². The van der Waals surface area contributed by atoms with E-state index in [1.54, 1.807) is 6.07 Å². The summed E-state index contributed by atoms with van der Waals surface area (Å²) < 4.78 is 22.8. The molecule has 0 aliphatic carbocycles. The highest BCUT2D eigenvalue weighted by Crippen LogP contribution is 2.25. The summed E-state index contributed by atoms with van der Waals surface area (Å²) in [5, 5.41) is 3.08. The zero-order valence-electron chi connectivity index (χ0n) is 9.32. The molecule has 0 atom stereocenters. The molecule has 0 bridgehead atoms. The fraction of sp³-hybridized carbons (Fsp3) is 0.182. The van der Waals surface area contributed by atoms with E-state index >= 15 is 0 Å². The Morgan fingerprint density at radius 1 is 1.39 bits per heavy atom. The van der Waals surface area contributed by atoms with Crippen LogP contribution < -0.4 is 5.32 Å². The fourth-order valence-electron chi connectivity index (χ4n) is 1.22. The zero-order valence-corrected chi connectivity index (χ0v) is 11.6. The summed E-state index contributed by atoms with van der Waals surface area (Å²) in [6, 6.07) is 4.50. The molecule has 0 aliphatic heterocycles. The first-order chi connectivity index (χ1) is 8.34. The molecule has 0 spiro atoms. The zero-order chi connectivity index (χ0) is 13.8. The standard InChI is InChI=1S/C11H11Cl2NO3S/c1-2-5-18(16,17)7-11(15)14-10-4-3-8(12)6-9(10)13/h2-4,6H,1,5,7H2,(H,14,15). The number of sulfone groups is 1. The summed E-state index contributed by atoms with van der Waals surface area (Å²) in [6.45, 7) is 3.31. The minimum absolute atomic E-state index is 0.241. The second-order valence-corrected chi connectivity index (χ2v) is 6.47. The minimum atomic E-state index is -3.47. The van der Waals surface area contributed by atoms with E-state index in [4.69, 9.17) is 23.2 Å². The number of carbonyl (C=O) groups excluding carboxylic acids is 1. The highest BCUT2D eigenvalue weighted by molar-refractivity contribution is 7.92. The lowest BCUT2D eigenvalue weighted by atomic mass is 10.3. The smallest absolute Gasteiger partial charge is 0.239 e. The number of carbonyl (C=O) groups is 1. The molecule has 7 heteroatoms. The summed E-state index contributed by atoms with van der Waals surface area (Å²) in [6.07, 6.45) is 1.23. The van der Waals surface area contributed by atoms with Gasteiger partial charge in [0.05, 0.1) is 16.5 Å². The first-order valence-corrected chi connectivity index (χ1v) is 7.48. The first-order valence-electron chi connectivity index (χ1n) is 4.90. The quantitative estimate of drug-likeness (QED) is 0.850. The predicted octanol–water partition coefficient (Wildman–Crippen LogP) is 2.53. The SMILES string of the molecule is C=CCS(=O)(=O)CC(=O)Nc1ccc(Cl)cc1Cl. The van der Waals surface area contributed by atoms with Gasteiger partial charge in [0.25, 0.3) is 0 Å². The van der Waals surface area contributed by atoms with Crippen LogP contribution in [-0.4, -0.2) is 25.8 Å². The van der Waals surface area contributed by atoms with Crippen LogP contribution in [0.1, 0.15) is 0 Å². The molecule has 4 nitrogen and oxygen atoms in total. The maximum atomic E-state index is 11.5. The maximum absolute atomic E-state index is 11.5. The van der Waals surface area contributed by atoms with Gasteiger partial charge in [0, 0.05) is 5.02 Å². The lowest BCUT2D eigenvalue weighted by Crippen LogP contribution is -2.24. The molecule has 0 aromatic heterocycles. The van der Waals surface area contributed by atoms with Crippen molar-refractivity contribution in [3.8, 4) is 0 Å². The summed E-state index contributed by atoms with van der Waals surface area (Å²) in [7, 11) is -3.47. The topological polar surface area (TPSA) is 63.2 Å². The second-order valence-electron chi connectivity index (χ2n) is 3.52. The van der Waals surface area contributed by atoms with Gasteiger partial charge < -0.3 is 5.32 Å². The molecule has 98 valence electrons. The van der Waals surface area contributed by atoms with Crippen LogP contribution in [0.25, 0.3) is 0 Å². The van der Waals surface area contributed by atoms with Crippen molar-refractivity contribution < 1.29 is 13.2 Å². The average Bonchev–Trinajstić information content (AvgIpc) is 2.21. The van der Waals surface area contributed by atoms with Gasteiger partial charge in [-0.1, -0.05) is 29.3 Å². The number of amides is 1. The molecule has 1 aromatic rings. The third kappa shape index (κ3) is 4.68. The largest absolute Gasteiger partial charge is 0.324 e. The van der Waals surface area contributed by atoms with Crippen molar-refractivity contribution in [3.63, 3.8) is 0 Å². The monoisotopic (exact) mass is 307 g/mol. The van der Waals surface area contributed by atoms with Crippen LogP contribution in [0, 0.1) is 0 Å². The number of nitrogens with one attached hydrogen (secondary N) is 1. The minimum Gasteiger partial charge on any atom is -0.324 e. The number of benzene rings is 1. The summed E-state index contributed by atoms with van der Waals surface area (Å²) in [5.41, 5.74) is 0.319. The van der Waals surface area contributed by atoms with Crippen LogP contribution in [-0.2, 0) is 14.6 Å². The van der Waals surface area contributed by atoms with Gasteiger partial charge in [-0.05, 0) is 18.2 Å². The van der Waals surface area contributed by atoms with E-state index in [9.17, 15) is 13.2 Å².